The van der Waals surface area contributed by atoms with E-state index in [0.717, 1.165) is 11.6 Å². The molecule has 2 aromatic carbocycles. The van der Waals surface area contributed by atoms with Crippen molar-refractivity contribution in [1.82, 2.24) is 9.97 Å². The molecule has 0 N–H and O–H groups in total. The van der Waals surface area contributed by atoms with Crippen LogP contribution in [-0.4, -0.2) is 14.9 Å². The van der Waals surface area contributed by atoms with Gasteiger partial charge in [-0.15, -0.1) is 0 Å². The van der Waals surface area contributed by atoms with E-state index in [9.17, 15) is 0 Å². The number of benzene rings is 2. The zero-order valence-electron chi connectivity index (χ0n) is 13.0. The van der Waals surface area contributed by atoms with E-state index in [1.807, 2.05) is 6.07 Å². The second kappa shape index (κ2) is 5.81. The topological polar surface area (TPSA) is 32.3 Å². The Hall–Kier alpha value is -2.15. The maximum absolute atomic E-state index is 4.65. The van der Waals surface area contributed by atoms with Gasteiger partial charge in [0.25, 0.3) is 0 Å². The van der Waals surface area contributed by atoms with Crippen molar-refractivity contribution in [3.05, 3.63) is 72.6 Å². The van der Waals surface area contributed by atoms with E-state index in [1.54, 1.807) is 12.4 Å². The predicted octanol–water partition coefficient (Wildman–Crippen LogP) is 5.04. The summed E-state index contributed by atoms with van der Waals surface area (Å²) < 4.78 is 4.80. The molecule has 0 atom stereocenters. The van der Waals surface area contributed by atoms with Crippen LogP contribution in [0.15, 0.2) is 67.0 Å². The maximum atomic E-state index is 4.65. The molecule has 23 heavy (non-hydrogen) atoms. The first-order valence-corrected chi connectivity index (χ1v) is 11.5. The second-order valence-electron chi connectivity index (χ2n) is 5.30. The first kappa shape index (κ1) is 14.4. The third-order valence-electron chi connectivity index (χ3n) is 3.83. The Balaban J connectivity index is 1.89. The fourth-order valence-electron chi connectivity index (χ4n) is 2.76. The molecule has 0 aliphatic carbocycles. The van der Waals surface area contributed by atoms with E-state index in [1.165, 1.54) is 16.9 Å². The number of para-hydroxylation sites is 2. The fourth-order valence-corrected chi connectivity index (χ4v) is 7.62. The molecule has 1 aliphatic rings. The van der Waals surface area contributed by atoms with Crippen molar-refractivity contribution >= 4 is 43.4 Å². The summed E-state index contributed by atoms with van der Waals surface area (Å²) in [6, 6.07) is 19.0. The van der Waals surface area contributed by atoms with Gasteiger partial charge in [0.15, 0.2) is 0 Å². The van der Waals surface area contributed by atoms with Crippen LogP contribution in [0.3, 0.4) is 0 Å². The molecule has 0 saturated carbocycles. The number of nitrogens with zero attached hydrogens (tertiary/aromatic N) is 4. The molecule has 0 radical (unpaired) electrons. The Bertz CT molecular complexity index is 837. The van der Waals surface area contributed by atoms with Crippen LogP contribution in [0.1, 0.15) is 5.56 Å². The number of aryl methyl sites for hydroxylation is 1. The van der Waals surface area contributed by atoms with E-state index in [-0.39, 0.29) is 0 Å². The minimum atomic E-state index is -1.71. The number of hydrogen-bond acceptors (Lipinski definition) is 4. The molecule has 1 aromatic heterocycles. The van der Waals surface area contributed by atoms with Gasteiger partial charge in [0.1, 0.15) is 0 Å². The van der Waals surface area contributed by atoms with E-state index in [0.29, 0.717) is 0 Å². The molecule has 3 aromatic rings. The van der Waals surface area contributed by atoms with E-state index in [2.05, 4.69) is 76.6 Å². The third-order valence-corrected chi connectivity index (χ3v) is 8.61. The summed E-state index contributed by atoms with van der Waals surface area (Å²) in [5.74, 6) is 1.94. The van der Waals surface area contributed by atoms with E-state index in [4.69, 9.17) is 0 Å². The van der Waals surface area contributed by atoms with Gasteiger partial charge in [-0.25, -0.2) is 0 Å². The number of fused-ring (bicyclic) bond motifs is 1. The molecular weight excluding hydrogens is 399 g/mol. The van der Waals surface area contributed by atoms with Crippen molar-refractivity contribution in [1.29, 1.82) is 0 Å². The van der Waals surface area contributed by atoms with Gasteiger partial charge >= 0.3 is 144 Å². The van der Waals surface area contributed by atoms with Gasteiger partial charge in [0.05, 0.1) is 0 Å². The molecule has 0 unspecified atom stereocenters. The zero-order chi connectivity index (χ0) is 15.8. The van der Waals surface area contributed by atoms with Gasteiger partial charge in [-0.2, -0.15) is 0 Å². The summed E-state index contributed by atoms with van der Waals surface area (Å²) >= 11 is -1.71. The summed E-state index contributed by atoms with van der Waals surface area (Å²) in [4.78, 5) is 11.6. The van der Waals surface area contributed by atoms with Crippen LogP contribution in [0.5, 0.6) is 0 Å². The summed E-state index contributed by atoms with van der Waals surface area (Å²) in [5.41, 5.74) is 3.70. The fraction of sp³-hybridized carbons (Fsp3) is 0.111. The first-order valence-electron chi connectivity index (χ1n) is 7.40. The Kier molecular flexibility index (Phi) is 3.65. The van der Waals surface area contributed by atoms with Crippen molar-refractivity contribution in [3.8, 4) is 0 Å². The molecule has 0 spiro atoms. The first-order chi connectivity index (χ1) is 11.3. The summed E-state index contributed by atoms with van der Waals surface area (Å²) in [6.45, 7) is 2.15. The quantitative estimate of drug-likeness (QED) is 0.333. The summed E-state index contributed by atoms with van der Waals surface area (Å²) in [5, 5.41) is 0. The predicted molar refractivity (Wildman–Crippen MR) is 104 cm³/mol. The Morgan fingerprint density at radius 1 is 0.783 bits per heavy atom. The average Bonchev–Trinajstić information content (AvgIpc) is 2.88. The third kappa shape index (κ3) is 2.35. The number of alkyl halides is 1. The number of aromatic nitrogens is 2. The van der Waals surface area contributed by atoms with E-state index >= 15 is 0 Å². The molecular formula is C18H17IN4. The van der Waals surface area contributed by atoms with Crippen molar-refractivity contribution in [2.45, 2.75) is 6.92 Å². The number of halogens is 1. The second-order valence-corrected chi connectivity index (χ2v) is 9.59. The van der Waals surface area contributed by atoms with Gasteiger partial charge in [-0.05, 0) is 0 Å². The standard InChI is InChI=1S/C18H17IN4/c1-14-8-6-7-11-16(14)23-18-17(20-12-13-21-18)22(19(23)2)15-9-4-3-5-10-15/h3-13H,1-2H3. The molecule has 1 aliphatic heterocycles. The van der Waals surface area contributed by atoms with Crippen LogP contribution < -0.4 is 6.23 Å². The number of hydrogen-bond donors (Lipinski definition) is 0. The van der Waals surface area contributed by atoms with Gasteiger partial charge in [0, 0.05) is 0 Å². The summed E-state index contributed by atoms with van der Waals surface area (Å²) in [6.07, 6.45) is 3.56. The molecule has 0 bridgehead atoms. The normalized spacial score (nSPS) is 15.0. The van der Waals surface area contributed by atoms with Crippen molar-refractivity contribution in [2.24, 2.45) is 0 Å². The molecule has 2 heterocycles. The monoisotopic (exact) mass is 416 g/mol. The Morgan fingerprint density at radius 3 is 2.09 bits per heavy atom. The zero-order valence-corrected chi connectivity index (χ0v) is 15.2. The van der Waals surface area contributed by atoms with Crippen molar-refractivity contribution in [3.63, 3.8) is 0 Å². The van der Waals surface area contributed by atoms with Crippen LogP contribution in [0.25, 0.3) is 0 Å². The average molecular weight is 416 g/mol. The van der Waals surface area contributed by atoms with Crippen LogP contribution in [0.2, 0.25) is 0 Å². The van der Waals surface area contributed by atoms with Gasteiger partial charge in [0.2, 0.25) is 0 Å². The number of rotatable bonds is 2. The molecule has 116 valence electrons. The molecule has 0 saturated heterocycles. The minimum absolute atomic E-state index is 0.967. The van der Waals surface area contributed by atoms with Crippen molar-refractivity contribution < 1.29 is 0 Å². The van der Waals surface area contributed by atoms with Gasteiger partial charge in [-0.3, -0.25) is 0 Å². The van der Waals surface area contributed by atoms with Crippen LogP contribution in [0, 0.1) is 6.92 Å². The van der Waals surface area contributed by atoms with Gasteiger partial charge < -0.3 is 0 Å². The Morgan fingerprint density at radius 2 is 1.39 bits per heavy atom. The molecule has 0 fully saturated rings. The molecule has 4 rings (SSSR count). The van der Waals surface area contributed by atoms with Crippen molar-refractivity contribution in [2.75, 3.05) is 11.2 Å². The van der Waals surface area contributed by atoms with Gasteiger partial charge in [-0.1, -0.05) is 0 Å². The molecule has 0 amide bonds. The molecule has 5 heteroatoms. The van der Waals surface area contributed by atoms with Crippen LogP contribution in [-0.2, 0) is 0 Å². The SMILES string of the molecule is Cc1ccccc1N1c2nccnc2N(c2ccccc2)I1C. The summed E-state index contributed by atoms with van der Waals surface area (Å²) in [7, 11) is 0. The van der Waals surface area contributed by atoms with E-state index < -0.39 is 20.4 Å². The Labute approximate surface area is 143 Å². The number of anilines is 4. The van der Waals surface area contributed by atoms with Crippen LogP contribution in [0.4, 0.5) is 23.0 Å². The molecule has 4 nitrogen and oxygen atoms in total. The van der Waals surface area contributed by atoms with Crippen LogP contribution >= 0.6 is 20.4 Å².